The van der Waals surface area contributed by atoms with E-state index in [9.17, 15) is 4.79 Å². The molecule has 0 aromatic rings. The van der Waals surface area contributed by atoms with Crippen LogP contribution in [0, 0.1) is 0 Å². The van der Waals surface area contributed by atoms with Crippen molar-refractivity contribution in [2.24, 2.45) is 0 Å². The minimum absolute atomic E-state index is 0.235. The maximum absolute atomic E-state index is 11.6. The molecule has 0 atom stereocenters. The molecule has 1 N–H and O–H groups in total. The topological polar surface area (TPSA) is 50.8 Å². The fourth-order valence-electron chi connectivity index (χ4n) is 2.00. The molecule has 24 heavy (non-hydrogen) atoms. The number of piperidine rings is 1. The smallest absolute Gasteiger partial charge is 0.407 e. The minimum atomic E-state index is -0.427. The van der Waals surface area contributed by atoms with E-state index in [1.54, 1.807) is 13.4 Å². The summed E-state index contributed by atoms with van der Waals surface area (Å²) in [6.45, 7) is 17.4. The number of hydrogen-bond donors (Lipinski definition) is 2. The van der Waals surface area contributed by atoms with Crippen LogP contribution in [0.5, 0.6) is 0 Å². The molecule has 1 aliphatic rings. The minimum Gasteiger partial charge on any atom is -0.444 e. The molecule has 5 nitrogen and oxygen atoms in total. The molecular formula is C18H42N2O3S. The summed E-state index contributed by atoms with van der Waals surface area (Å²) in [5.74, 6) is 0. The zero-order valence-corrected chi connectivity index (χ0v) is 18.3. The molecule has 1 saturated heterocycles. The van der Waals surface area contributed by atoms with E-state index in [2.05, 4.69) is 22.8 Å². The van der Waals surface area contributed by atoms with E-state index in [1.807, 2.05) is 48.5 Å². The summed E-state index contributed by atoms with van der Waals surface area (Å²) in [7, 11) is 1.72. The Bertz CT molecular complexity index is 263. The van der Waals surface area contributed by atoms with E-state index < -0.39 is 5.60 Å². The molecule has 0 bridgehead atoms. The van der Waals surface area contributed by atoms with Gasteiger partial charge in [-0.15, -0.1) is 0 Å². The number of likely N-dealkylation sites (tertiary alicyclic amines) is 1. The lowest BCUT2D eigenvalue weighted by atomic mass is 10.1. The van der Waals surface area contributed by atoms with Crippen molar-refractivity contribution in [1.29, 1.82) is 0 Å². The Kier molecular flexibility index (Phi) is 22.3. The zero-order chi connectivity index (χ0) is 19.6. The molecule has 1 rings (SSSR count). The van der Waals surface area contributed by atoms with Crippen molar-refractivity contribution >= 4 is 18.7 Å². The summed E-state index contributed by atoms with van der Waals surface area (Å²) in [4.78, 5) is 14.0. The van der Waals surface area contributed by atoms with Crippen LogP contribution < -0.4 is 5.32 Å². The van der Waals surface area contributed by atoms with Crippen molar-refractivity contribution in [2.75, 3.05) is 39.6 Å². The third kappa shape index (κ3) is 17.9. The van der Waals surface area contributed by atoms with E-state index in [-0.39, 0.29) is 12.1 Å². The van der Waals surface area contributed by atoms with Gasteiger partial charge in [0.05, 0.1) is 6.61 Å². The number of methoxy groups -OCH3 is 1. The molecule has 6 heteroatoms. The molecule has 0 aromatic carbocycles. The predicted octanol–water partition coefficient (Wildman–Crippen LogP) is 4.22. The molecular weight excluding hydrogens is 324 g/mol. The second-order valence-corrected chi connectivity index (χ2v) is 5.75. The number of thiol groups is 1. The summed E-state index contributed by atoms with van der Waals surface area (Å²) in [6.07, 6.45) is 3.34. The van der Waals surface area contributed by atoms with Crippen LogP contribution in [0.1, 0.15) is 61.3 Å². The number of nitrogens with one attached hydrogen (secondary N) is 1. The van der Waals surface area contributed by atoms with Gasteiger partial charge in [-0.2, -0.15) is 12.6 Å². The largest absolute Gasteiger partial charge is 0.444 e. The van der Waals surface area contributed by atoms with Crippen molar-refractivity contribution in [3.05, 3.63) is 0 Å². The van der Waals surface area contributed by atoms with Gasteiger partial charge in [-0.05, 0) is 39.9 Å². The third-order valence-electron chi connectivity index (χ3n) is 2.92. The number of alkyl carbamates (subject to hydrolysis) is 1. The molecule has 0 saturated carbocycles. The lowest BCUT2D eigenvalue weighted by Gasteiger charge is -2.32. The Hall–Kier alpha value is -0.460. The van der Waals surface area contributed by atoms with Crippen molar-refractivity contribution in [1.82, 2.24) is 10.2 Å². The van der Waals surface area contributed by atoms with Gasteiger partial charge in [0, 0.05) is 32.8 Å². The molecule has 0 aromatic heterocycles. The van der Waals surface area contributed by atoms with E-state index >= 15 is 0 Å². The number of rotatable bonds is 4. The fourth-order valence-corrected chi connectivity index (χ4v) is 2.00. The van der Waals surface area contributed by atoms with Gasteiger partial charge >= 0.3 is 6.09 Å². The van der Waals surface area contributed by atoms with Gasteiger partial charge in [-0.3, -0.25) is 0 Å². The lowest BCUT2D eigenvalue weighted by Crippen LogP contribution is -2.46. The number of carbonyl (C=O) groups is 1. The average molecular weight is 367 g/mol. The van der Waals surface area contributed by atoms with Crippen LogP contribution in [0.3, 0.4) is 0 Å². The molecule has 1 amide bonds. The highest BCUT2D eigenvalue weighted by Crippen LogP contribution is 2.12. The summed E-state index contributed by atoms with van der Waals surface area (Å²) >= 11 is 3.53. The van der Waals surface area contributed by atoms with Crippen LogP contribution in [0.4, 0.5) is 4.79 Å². The van der Waals surface area contributed by atoms with Crippen LogP contribution in [-0.2, 0) is 9.47 Å². The molecule has 0 spiro atoms. The van der Waals surface area contributed by atoms with Crippen molar-refractivity contribution in [3.63, 3.8) is 0 Å². The van der Waals surface area contributed by atoms with Crippen LogP contribution in [0.2, 0.25) is 0 Å². The van der Waals surface area contributed by atoms with Crippen LogP contribution in [-0.4, -0.2) is 62.2 Å². The quantitative estimate of drug-likeness (QED) is 0.732. The second-order valence-electron chi connectivity index (χ2n) is 5.75. The zero-order valence-electron chi connectivity index (χ0n) is 17.4. The molecule has 1 aliphatic heterocycles. The van der Waals surface area contributed by atoms with E-state index in [0.29, 0.717) is 0 Å². The Balaban J connectivity index is -0.000000659. The second kappa shape index (κ2) is 18.9. The highest BCUT2D eigenvalue weighted by Gasteiger charge is 2.23. The third-order valence-corrected chi connectivity index (χ3v) is 2.92. The molecule has 0 radical (unpaired) electrons. The average Bonchev–Trinajstić information content (AvgIpc) is 2.58. The standard InChI is InChI=1S/C13H26N2O3.2C2H6.CH4S/c1-13(2,3)18-12(16)14-11-5-7-15(8-6-11)9-10-17-4;3*1-2/h11H,5-10H2,1-4H3,(H,14,16);2*1-2H3;2H,1H3. The molecule has 0 unspecified atom stereocenters. The Labute approximate surface area is 156 Å². The van der Waals surface area contributed by atoms with Gasteiger partial charge in [0.1, 0.15) is 5.60 Å². The molecule has 0 aliphatic carbocycles. The Morgan fingerprint density at radius 2 is 1.58 bits per heavy atom. The van der Waals surface area contributed by atoms with Crippen molar-refractivity contribution in [2.45, 2.75) is 73.0 Å². The number of nitrogens with zero attached hydrogens (tertiary/aromatic N) is 1. The van der Waals surface area contributed by atoms with Gasteiger partial charge in [-0.25, -0.2) is 4.79 Å². The summed E-state index contributed by atoms with van der Waals surface area (Å²) in [5.41, 5.74) is -0.427. The first-order chi connectivity index (χ1) is 11.4. The summed E-state index contributed by atoms with van der Waals surface area (Å²) < 4.78 is 10.3. The highest BCUT2D eigenvalue weighted by molar-refractivity contribution is 7.79. The lowest BCUT2D eigenvalue weighted by molar-refractivity contribution is 0.0472. The number of carbonyl (C=O) groups excluding carboxylic acids is 1. The summed E-state index contributed by atoms with van der Waals surface area (Å²) in [5, 5.41) is 2.93. The van der Waals surface area contributed by atoms with Crippen molar-refractivity contribution in [3.8, 4) is 0 Å². The van der Waals surface area contributed by atoms with Gasteiger partial charge in [-0.1, -0.05) is 27.7 Å². The van der Waals surface area contributed by atoms with Crippen LogP contribution >= 0.6 is 12.6 Å². The first-order valence-corrected chi connectivity index (χ1v) is 9.95. The van der Waals surface area contributed by atoms with Crippen molar-refractivity contribution < 1.29 is 14.3 Å². The van der Waals surface area contributed by atoms with Gasteiger partial charge in [0.15, 0.2) is 0 Å². The number of amides is 1. The van der Waals surface area contributed by atoms with E-state index in [4.69, 9.17) is 9.47 Å². The van der Waals surface area contributed by atoms with E-state index in [0.717, 1.165) is 39.1 Å². The van der Waals surface area contributed by atoms with Gasteiger partial charge in [0.2, 0.25) is 0 Å². The highest BCUT2D eigenvalue weighted by atomic mass is 32.1. The maximum atomic E-state index is 11.6. The SMILES string of the molecule is CC.CC.COCCN1CCC(NC(=O)OC(C)(C)C)CC1.CS. The molecule has 1 fully saturated rings. The molecule has 148 valence electrons. The first kappa shape index (κ1) is 28.3. The molecule has 1 heterocycles. The van der Waals surface area contributed by atoms with Gasteiger partial charge in [0.25, 0.3) is 0 Å². The monoisotopic (exact) mass is 366 g/mol. The Morgan fingerprint density at radius 3 is 1.96 bits per heavy atom. The fraction of sp³-hybridized carbons (Fsp3) is 0.944. The van der Waals surface area contributed by atoms with Crippen LogP contribution in [0.25, 0.3) is 0 Å². The predicted molar refractivity (Wildman–Crippen MR) is 108 cm³/mol. The maximum Gasteiger partial charge on any atom is 0.407 e. The first-order valence-electron chi connectivity index (χ1n) is 9.06. The summed E-state index contributed by atoms with van der Waals surface area (Å²) in [6, 6.07) is 0.235. The number of hydrogen-bond acceptors (Lipinski definition) is 5. The Morgan fingerprint density at radius 1 is 1.12 bits per heavy atom. The number of ether oxygens (including phenoxy) is 2. The van der Waals surface area contributed by atoms with E-state index in [1.165, 1.54) is 0 Å². The van der Waals surface area contributed by atoms with Gasteiger partial charge < -0.3 is 19.7 Å². The van der Waals surface area contributed by atoms with Crippen LogP contribution in [0.15, 0.2) is 0 Å². The normalized spacial score (nSPS) is 14.8.